The van der Waals surface area contributed by atoms with Crippen molar-refractivity contribution in [3.05, 3.63) is 25.3 Å². The fourth-order valence-corrected chi connectivity index (χ4v) is 8.95. The first-order valence-corrected chi connectivity index (χ1v) is 14.4. The molecule has 1 N–H and O–H groups in total. The number of likely N-dealkylation sites (N-methyl/N-ethyl adjacent to an activating group) is 1. The summed E-state index contributed by atoms with van der Waals surface area (Å²) in [5, 5.41) is 10.4. The average Bonchev–Trinajstić information content (AvgIpc) is 3.47. The quantitative estimate of drug-likeness (QED) is 0.378. The molecule has 0 aliphatic carbocycles. The van der Waals surface area contributed by atoms with E-state index in [1.54, 1.807) is 40.8 Å². The Morgan fingerprint density at radius 2 is 1.89 bits per heavy atom. The molecule has 0 aromatic carbocycles. The Balaban J connectivity index is 2.10. The zero-order chi connectivity index (χ0) is 26.8. The first-order valence-electron chi connectivity index (χ1n) is 13.5. The van der Waals surface area contributed by atoms with Crippen LogP contribution in [0.3, 0.4) is 0 Å². The Morgan fingerprint density at radius 3 is 2.44 bits per heavy atom. The number of aliphatic hydroxyl groups is 1. The van der Waals surface area contributed by atoms with Crippen LogP contribution in [0.15, 0.2) is 25.3 Å². The van der Waals surface area contributed by atoms with E-state index in [2.05, 4.69) is 40.9 Å². The second kappa shape index (κ2) is 11.7. The van der Waals surface area contributed by atoms with Gasteiger partial charge in [-0.15, -0.1) is 24.9 Å². The third-order valence-corrected chi connectivity index (χ3v) is 10.2. The molecule has 3 rings (SSSR count). The molecule has 0 aromatic heterocycles. The molecule has 7 atom stereocenters. The minimum Gasteiger partial charge on any atom is -0.394 e. The first kappa shape index (κ1) is 28.8. The van der Waals surface area contributed by atoms with Gasteiger partial charge in [0, 0.05) is 31.4 Å². The molecule has 8 heteroatoms. The van der Waals surface area contributed by atoms with E-state index in [-0.39, 0.29) is 41.5 Å². The Morgan fingerprint density at radius 1 is 1.22 bits per heavy atom. The maximum Gasteiger partial charge on any atom is 0.247 e. The molecule has 3 aliphatic rings. The SMILES string of the molecule is C=CCN(C)C(=O)[C@@H]1[C@@H]2CCC3(S2)C(C(=O)N(CC=C)C(C)CCC)N([C@@H](CO)CC(C)C)C(=O)[C@H]13. The molecular weight excluding hydrogens is 474 g/mol. The molecule has 3 unspecified atom stereocenters. The summed E-state index contributed by atoms with van der Waals surface area (Å²) in [7, 11) is 1.75. The number of nitrogens with zero attached hydrogens (tertiary/aromatic N) is 3. The van der Waals surface area contributed by atoms with Crippen LogP contribution in [0.25, 0.3) is 0 Å². The maximum absolute atomic E-state index is 14.4. The van der Waals surface area contributed by atoms with Gasteiger partial charge in [-0.05, 0) is 38.5 Å². The lowest BCUT2D eigenvalue weighted by Gasteiger charge is -2.41. The summed E-state index contributed by atoms with van der Waals surface area (Å²) in [5.41, 5.74) is 0. The number of hydrogen-bond donors (Lipinski definition) is 1. The molecule has 3 heterocycles. The van der Waals surface area contributed by atoms with E-state index in [0.29, 0.717) is 19.5 Å². The highest BCUT2D eigenvalue weighted by Crippen LogP contribution is 2.67. The van der Waals surface area contributed by atoms with Gasteiger partial charge in [0.25, 0.3) is 0 Å². The molecule has 36 heavy (non-hydrogen) atoms. The van der Waals surface area contributed by atoms with Crippen molar-refractivity contribution in [1.29, 1.82) is 0 Å². The van der Waals surface area contributed by atoms with Crippen molar-refractivity contribution in [2.24, 2.45) is 17.8 Å². The highest BCUT2D eigenvalue weighted by molar-refractivity contribution is 8.02. The van der Waals surface area contributed by atoms with Gasteiger partial charge in [0.2, 0.25) is 17.7 Å². The summed E-state index contributed by atoms with van der Waals surface area (Å²) in [5.74, 6) is -1.03. The van der Waals surface area contributed by atoms with Crippen LogP contribution in [-0.4, -0.2) is 92.4 Å². The second-order valence-electron chi connectivity index (χ2n) is 11.2. The lowest BCUT2D eigenvalue weighted by atomic mass is 9.70. The number of amides is 3. The highest BCUT2D eigenvalue weighted by Gasteiger charge is 2.74. The molecule has 7 nitrogen and oxygen atoms in total. The monoisotopic (exact) mass is 519 g/mol. The number of likely N-dealkylation sites (tertiary alicyclic amines) is 1. The van der Waals surface area contributed by atoms with Crippen LogP contribution in [0.5, 0.6) is 0 Å². The molecular formula is C28H45N3O4S. The maximum atomic E-state index is 14.4. The van der Waals surface area contributed by atoms with Crippen molar-refractivity contribution in [2.45, 2.75) is 87.9 Å². The van der Waals surface area contributed by atoms with Gasteiger partial charge in [-0.25, -0.2) is 0 Å². The van der Waals surface area contributed by atoms with E-state index in [9.17, 15) is 19.5 Å². The molecule has 0 saturated carbocycles. The van der Waals surface area contributed by atoms with E-state index >= 15 is 0 Å². The second-order valence-corrected chi connectivity index (χ2v) is 12.8. The first-order chi connectivity index (χ1) is 17.1. The van der Waals surface area contributed by atoms with Gasteiger partial charge < -0.3 is 19.8 Å². The molecule has 1 spiro atoms. The highest BCUT2D eigenvalue weighted by atomic mass is 32.2. The van der Waals surface area contributed by atoms with E-state index in [4.69, 9.17) is 0 Å². The van der Waals surface area contributed by atoms with Gasteiger partial charge in [0.15, 0.2) is 0 Å². The minimum atomic E-state index is -0.692. The topological polar surface area (TPSA) is 81.2 Å². The zero-order valence-electron chi connectivity index (χ0n) is 22.7. The number of fused-ring (bicyclic) bond motifs is 1. The third kappa shape index (κ3) is 4.87. The van der Waals surface area contributed by atoms with Gasteiger partial charge in [0.05, 0.1) is 29.2 Å². The fraction of sp³-hybridized carbons (Fsp3) is 0.750. The lowest BCUT2D eigenvalue weighted by molar-refractivity contribution is -0.147. The van der Waals surface area contributed by atoms with Gasteiger partial charge >= 0.3 is 0 Å². The van der Waals surface area contributed by atoms with Crippen molar-refractivity contribution in [3.63, 3.8) is 0 Å². The molecule has 0 radical (unpaired) electrons. The van der Waals surface area contributed by atoms with Crippen molar-refractivity contribution >= 4 is 29.5 Å². The normalized spacial score (nSPS) is 30.3. The summed E-state index contributed by atoms with van der Waals surface area (Å²) in [6.45, 7) is 16.5. The number of carbonyl (C=O) groups excluding carboxylic acids is 3. The van der Waals surface area contributed by atoms with E-state index in [1.165, 1.54) is 0 Å². The van der Waals surface area contributed by atoms with Crippen LogP contribution >= 0.6 is 11.8 Å². The average molecular weight is 520 g/mol. The molecule has 2 bridgehead atoms. The minimum absolute atomic E-state index is 0.00494. The molecule has 3 saturated heterocycles. The van der Waals surface area contributed by atoms with Crippen LogP contribution in [0.2, 0.25) is 0 Å². The Labute approximate surface area is 221 Å². The summed E-state index contributed by atoms with van der Waals surface area (Å²) in [6.07, 6.45) is 7.37. The molecule has 0 aromatic rings. The van der Waals surface area contributed by atoms with Crippen molar-refractivity contribution in [3.8, 4) is 0 Å². The summed E-state index contributed by atoms with van der Waals surface area (Å²) >= 11 is 1.68. The predicted octanol–water partition coefficient (Wildman–Crippen LogP) is 3.33. The fourth-order valence-electron chi connectivity index (χ4n) is 6.76. The van der Waals surface area contributed by atoms with Crippen LogP contribution in [0, 0.1) is 17.8 Å². The van der Waals surface area contributed by atoms with Gasteiger partial charge in [-0.2, -0.15) is 0 Å². The smallest absolute Gasteiger partial charge is 0.247 e. The van der Waals surface area contributed by atoms with Crippen molar-refractivity contribution in [2.75, 3.05) is 26.7 Å². The molecule has 202 valence electrons. The molecule has 3 amide bonds. The van der Waals surface area contributed by atoms with Crippen LogP contribution in [-0.2, 0) is 14.4 Å². The lowest BCUT2D eigenvalue weighted by Crippen LogP contribution is -2.59. The number of thioether (sulfide) groups is 1. The standard InChI is InChI=1S/C28H45N3O4S/c1-8-11-19(6)30(15-10-3)27(35)24-28-13-12-21(36-28)22(25(33)29(7)14-9-2)23(28)26(34)31(24)20(17-32)16-18(4)5/h9-10,18-24,32H,2-3,8,11-17H2,1,4-7H3/t19?,20-,21+,22-,23+,24?,28?/m1/s1. The largest absolute Gasteiger partial charge is 0.394 e. The third-order valence-electron chi connectivity index (χ3n) is 8.23. The van der Waals surface area contributed by atoms with Gasteiger partial charge in [-0.3, -0.25) is 14.4 Å². The number of hydrogen-bond acceptors (Lipinski definition) is 5. The number of rotatable bonds is 13. The summed E-state index contributed by atoms with van der Waals surface area (Å²) < 4.78 is -0.649. The Hall–Kier alpha value is -1.80. The zero-order valence-corrected chi connectivity index (χ0v) is 23.5. The molecule has 3 fully saturated rings. The van der Waals surface area contributed by atoms with Crippen molar-refractivity contribution < 1.29 is 19.5 Å². The van der Waals surface area contributed by atoms with Crippen LogP contribution in [0.1, 0.15) is 59.8 Å². The van der Waals surface area contributed by atoms with Gasteiger partial charge in [0.1, 0.15) is 6.04 Å². The summed E-state index contributed by atoms with van der Waals surface area (Å²) in [4.78, 5) is 47.5. The van der Waals surface area contributed by atoms with Crippen LogP contribution < -0.4 is 0 Å². The molecule has 3 aliphatic heterocycles. The van der Waals surface area contributed by atoms with Gasteiger partial charge in [-0.1, -0.05) is 39.3 Å². The van der Waals surface area contributed by atoms with E-state index < -0.39 is 28.7 Å². The van der Waals surface area contributed by atoms with Crippen molar-refractivity contribution in [1.82, 2.24) is 14.7 Å². The Bertz CT molecular complexity index is 864. The van der Waals surface area contributed by atoms with E-state index in [0.717, 1.165) is 25.7 Å². The van der Waals surface area contributed by atoms with E-state index in [1.807, 2.05) is 4.90 Å². The predicted molar refractivity (Wildman–Crippen MR) is 145 cm³/mol. The number of carbonyl (C=O) groups is 3. The summed E-state index contributed by atoms with van der Waals surface area (Å²) in [6, 6.07) is -1.15. The Kier molecular flexibility index (Phi) is 9.36. The van der Waals surface area contributed by atoms with Crippen LogP contribution in [0.4, 0.5) is 0 Å². The number of aliphatic hydroxyl groups excluding tert-OH is 1.